The molecule has 0 aliphatic rings. The summed E-state index contributed by atoms with van der Waals surface area (Å²) in [5, 5.41) is 2.72. The summed E-state index contributed by atoms with van der Waals surface area (Å²) in [7, 11) is -2.38. The van der Waals surface area contributed by atoms with Crippen LogP contribution in [0.25, 0.3) is 0 Å². The minimum Gasteiger partial charge on any atom is -0.497 e. The zero-order valence-corrected chi connectivity index (χ0v) is 15.7. The van der Waals surface area contributed by atoms with Crippen molar-refractivity contribution < 1.29 is 22.3 Å². The number of halogens is 1. The van der Waals surface area contributed by atoms with Gasteiger partial charge in [0.1, 0.15) is 11.6 Å². The minimum absolute atomic E-state index is 0.0832. The second-order valence-electron chi connectivity index (χ2n) is 5.83. The van der Waals surface area contributed by atoms with Crippen molar-refractivity contribution in [1.29, 1.82) is 0 Å². The lowest BCUT2D eigenvalue weighted by molar-refractivity contribution is 0.102. The molecule has 3 rings (SSSR count). The molecule has 0 aromatic heterocycles. The molecular formula is C20H17FN2O4S. The fourth-order valence-corrected chi connectivity index (χ4v) is 3.51. The number of carbonyl (C=O) groups excluding carboxylic acids is 1. The van der Waals surface area contributed by atoms with E-state index in [9.17, 15) is 17.6 Å². The lowest BCUT2D eigenvalue weighted by Gasteiger charge is -2.10. The van der Waals surface area contributed by atoms with E-state index >= 15 is 0 Å². The Hall–Kier alpha value is -3.39. The smallest absolute Gasteiger partial charge is 0.261 e. The number of amides is 1. The molecule has 1 amide bonds. The van der Waals surface area contributed by atoms with Gasteiger partial charge >= 0.3 is 0 Å². The second-order valence-corrected chi connectivity index (χ2v) is 7.51. The average molecular weight is 400 g/mol. The van der Waals surface area contributed by atoms with Gasteiger partial charge in [-0.15, -0.1) is 0 Å². The summed E-state index contributed by atoms with van der Waals surface area (Å²) in [6.45, 7) is 0. The van der Waals surface area contributed by atoms with Gasteiger partial charge in [-0.25, -0.2) is 12.8 Å². The van der Waals surface area contributed by atoms with E-state index in [0.717, 1.165) is 24.3 Å². The SMILES string of the molecule is COc1cccc(NC(=O)c2cccc(NS(=O)(=O)c3ccc(F)cc3)c2)c1. The van der Waals surface area contributed by atoms with E-state index in [1.807, 2.05) is 0 Å². The second kappa shape index (κ2) is 8.10. The Labute approximate surface area is 162 Å². The topological polar surface area (TPSA) is 84.5 Å². The first-order valence-electron chi connectivity index (χ1n) is 8.21. The fraction of sp³-hybridized carbons (Fsp3) is 0.0500. The van der Waals surface area contributed by atoms with Gasteiger partial charge in [0.2, 0.25) is 0 Å². The molecule has 0 spiro atoms. The molecule has 0 fully saturated rings. The standard InChI is InChI=1S/C20H17FN2O4S/c1-27-18-7-3-5-16(13-18)22-20(24)14-4-2-6-17(12-14)23-28(25,26)19-10-8-15(21)9-11-19/h2-13,23H,1H3,(H,22,24). The molecule has 3 aromatic carbocycles. The number of hydrogen-bond acceptors (Lipinski definition) is 4. The van der Waals surface area contributed by atoms with E-state index < -0.39 is 21.7 Å². The van der Waals surface area contributed by atoms with Crippen molar-refractivity contribution in [1.82, 2.24) is 0 Å². The zero-order chi connectivity index (χ0) is 20.1. The number of benzene rings is 3. The predicted molar refractivity (Wildman–Crippen MR) is 105 cm³/mol. The highest BCUT2D eigenvalue weighted by atomic mass is 32.2. The Bertz CT molecular complexity index is 1100. The summed E-state index contributed by atoms with van der Waals surface area (Å²) >= 11 is 0. The summed E-state index contributed by atoms with van der Waals surface area (Å²) in [6.07, 6.45) is 0. The Morgan fingerprint density at radius 3 is 2.32 bits per heavy atom. The molecule has 3 aromatic rings. The molecule has 0 saturated carbocycles. The van der Waals surface area contributed by atoms with Crippen LogP contribution in [0.4, 0.5) is 15.8 Å². The number of ether oxygens (including phenoxy) is 1. The molecule has 0 heterocycles. The highest BCUT2D eigenvalue weighted by Crippen LogP contribution is 2.20. The van der Waals surface area contributed by atoms with E-state index in [0.29, 0.717) is 11.4 Å². The van der Waals surface area contributed by atoms with Crippen LogP contribution < -0.4 is 14.8 Å². The van der Waals surface area contributed by atoms with Crippen molar-refractivity contribution in [2.45, 2.75) is 4.90 Å². The molecule has 0 atom stereocenters. The van der Waals surface area contributed by atoms with Crippen molar-refractivity contribution >= 4 is 27.3 Å². The highest BCUT2D eigenvalue weighted by Gasteiger charge is 2.15. The summed E-state index contributed by atoms with van der Waals surface area (Å²) in [5.74, 6) is -0.343. The van der Waals surface area contributed by atoms with E-state index in [2.05, 4.69) is 10.0 Å². The van der Waals surface area contributed by atoms with Gasteiger partial charge < -0.3 is 10.1 Å². The largest absolute Gasteiger partial charge is 0.497 e. The van der Waals surface area contributed by atoms with Crippen molar-refractivity contribution in [3.05, 3.63) is 84.2 Å². The Morgan fingerprint density at radius 1 is 0.929 bits per heavy atom. The van der Waals surface area contributed by atoms with Crippen LogP contribution in [0.15, 0.2) is 77.7 Å². The van der Waals surface area contributed by atoms with Gasteiger partial charge in [-0.2, -0.15) is 0 Å². The number of hydrogen-bond donors (Lipinski definition) is 2. The van der Waals surface area contributed by atoms with E-state index in [-0.39, 0.29) is 16.1 Å². The Balaban J connectivity index is 1.77. The van der Waals surface area contributed by atoms with Gasteiger partial charge in [0, 0.05) is 23.0 Å². The van der Waals surface area contributed by atoms with Crippen LogP contribution in [0.5, 0.6) is 5.75 Å². The molecule has 0 radical (unpaired) electrons. The molecule has 0 aliphatic carbocycles. The fourth-order valence-electron chi connectivity index (χ4n) is 2.46. The normalized spacial score (nSPS) is 10.9. The van der Waals surface area contributed by atoms with E-state index in [4.69, 9.17) is 4.74 Å². The van der Waals surface area contributed by atoms with Crippen LogP contribution in [0.2, 0.25) is 0 Å². The number of nitrogens with one attached hydrogen (secondary N) is 2. The maximum atomic E-state index is 13.0. The summed E-state index contributed by atoms with van der Waals surface area (Å²) in [4.78, 5) is 12.4. The molecule has 28 heavy (non-hydrogen) atoms. The lowest BCUT2D eigenvalue weighted by atomic mass is 10.2. The van der Waals surface area contributed by atoms with E-state index in [1.165, 1.54) is 19.2 Å². The third kappa shape index (κ3) is 4.66. The molecule has 0 bridgehead atoms. The Morgan fingerprint density at radius 2 is 1.61 bits per heavy atom. The Kier molecular flexibility index (Phi) is 5.60. The molecule has 0 aliphatic heterocycles. The third-order valence-electron chi connectivity index (χ3n) is 3.83. The molecule has 2 N–H and O–H groups in total. The van der Waals surface area contributed by atoms with Crippen molar-refractivity contribution in [2.24, 2.45) is 0 Å². The first-order chi connectivity index (χ1) is 13.4. The number of carbonyl (C=O) groups is 1. The summed E-state index contributed by atoms with van der Waals surface area (Å²) in [6, 6.07) is 17.4. The van der Waals surface area contributed by atoms with Crippen LogP contribution in [0.1, 0.15) is 10.4 Å². The summed E-state index contributed by atoms with van der Waals surface area (Å²) in [5.41, 5.74) is 1.02. The van der Waals surface area contributed by atoms with Crippen LogP contribution >= 0.6 is 0 Å². The lowest BCUT2D eigenvalue weighted by Crippen LogP contribution is -2.15. The quantitative estimate of drug-likeness (QED) is 0.658. The van der Waals surface area contributed by atoms with Crippen LogP contribution in [-0.4, -0.2) is 21.4 Å². The van der Waals surface area contributed by atoms with Gasteiger partial charge in [0.25, 0.3) is 15.9 Å². The number of rotatable bonds is 6. The maximum Gasteiger partial charge on any atom is 0.261 e. The molecule has 0 unspecified atom stereocenters. The van der Waals surface area contributed by atoms with Crippen LogP contribution in [0.3, 0.4) is 0 Å². The van der Waals surface area contributed by atoms with Crippen molar-refractivity contribution in [3.63, 3.8) is 0 Å². The minimum atomic E-state index is -3.91. The van der Waals surface area contributed by atoms with Crippen molar-refractivity contribution in [2.75, 3.05) is 17.1 Å². The summed E-state index contributed by atoms with van der Waals surface area (Å²) < 4.78 is 45.3. The first kappa shape index (κ1) is 19.4. The molecular weight excluding hydrogens is 383 g/mol. The van der Waals surface area contributed by atoms with Gasteiger partial charge in [-0.05, 0) is 54.6 Å². The average Bonchev–Trinajstić information content (AvgIpc) is 2.68. The van der Waals surface area contributed by atoms with Crippen LogP contribution in [0, 0.1) is 5.82 Å². The van der Waals surface area contributed by atoms with Crippen molar-refractivity contribution in [3.8, 4) is 5.75 Å². The number of anilines is 2. The predicted octanol–water partition coefficient (Wildman–Crippen LogP) is 3.89. The molecule has 8 heteroatoms. The van der Waals surface area contributed by atoms with E-state index in [1.54, 1.807) is 36.4 Å². The number of methoxy groups -OCH3 is 1. The molecule has 0 saturated heterocycles. The molecule has 144 valence electrons. The third-order valence-corrected chi connectivity index (χ3v) is 5.23. The van der Waals surface area contributed by atoms with Gasteiger partial charge in [0.05, 0.1) is 12.0 Å². The highest BCUT2D eigenvalue weighted by molar-refractivity contribution is 7.92. The van der Waals surface area contributed by atoms with Gasteiger partial charge in [-0.1, -0.05) is 12.1 Å². The van der Waals surface area contributed by atoms with Crippen LogP contribution in [-0.2, 0) is 10.0 Å². The monoisotopic (exact) mass is 400 g/mol. The zero-order valence-electron chi connectivity index (χ0n) is 14.8. The number of sulfonamides is 1. The van der Waals surface area contributed by atoms with Gasteiger partial charge in [0.15, 0.2) is 0 Å². The first-order valence-corrected chi connectivity index (χ1v) is 9.69. The molecule has 6 nitrogen and oxygen atoms in total. The maximum absolute atomic E-state index is 13.0. The van der Waals surface area contributed by atoms with Gasteiger partial charge in [-0.3, -0.25) is 9.52 Å².